The zero-order valence-corrected chi connectivity index (χ0v) is 7.15. The largest absolute Gasteiger partial charge is 1.00 e. The second-order valence-corrected chi connectivity index (χ2v) is 1.85. The van der Waals surface area contributed by atoms with Crippen LogP contribution in [0.3, 0.4) is 0 Å². The smallest absolute Gasteiger partial charge is 0.186 e. The monoisotopic (exact) mass is 195 g/mol. The number of halogens is 2. The Hall–Kier alpha value is -0.280. The van der Waals surface area contributed by atoms with Crippen molar-refractivity contribution in [3.05, 3.63) is 23.8 Å². The normalized spacial score (nSPS) is 13.1. The Labute approximate surface area is 83.0 Å². The third-order valence-corrected chi connectivity index (χ3v) is 1.08. The molecule has 0 bridgehead atoms. The quantitative estimate of drug-likeness (QED) is 0.388. The molecule has 1 aromatic rings. The van der Waals surface area contributed by atoms with Crippen LogP contribution >= 0.6 is 0 Å². The summed E-state index contributed by atoms with van der Waals surface area (Å²) in [6.07, 6.45) is 0. The molecule has 1 aromatic carbocycles. The molecular formula is C7H10Cl2N2. The van der Waals surface area contributed by atoms with Gasteiger partial charge in [-0.05, 0) is 12.9 Å². The lowest BCUT2D eigenvalue weighted by Crippen LogP contribution is -3.00. The maximum atomic E-state index is 7.10. The van der Waals surface area contributed by atoms with Gasteiger partial charge >= 0.3 is 0 Å². The molecule has 0 atom stereocenters. The summed E-state index contributed by atoms with van der Waals surface area (Å²) < 4.78 is 21.3. The van der Waals surface area contributed by atoms with Crippen LogP contribution in [0.5, 0.6) is 0 Å². The van der Waals surface area contributed by atoms with Crippen molar-refractivity contribution in [2.75, 3.05) is 0 Å². The van der Waals surface area contributed by atoms with Crippen LogP contribution < -0.4 is 36.3 Å². The molecular weight excluding hydrogens is 183 g/mol. The van der Waals surface area contributed by atoms with E-state index in [1.54, 1.807) is 0 Å². The van der Waals surface area contributed by atoms with Crippen LogP contribution in [0, 0.1) is 6.85 Å². The number of anilines is 2. The summed E-state index contributed by atoms with van der Waals surface area (Å²) in [6, 6.07) is 4.40. The van der Waals surface area contributed by atoms with Gasteiger partial charge in [0, 0.05) is 15.7 Å². The first-order valence-electron chi connectivity index (χ1n) is 4.07. The summed E-state index contributed by atoms with van der Waals surface area (Å²) in [4.78, 5) is 0. The fourth-order valence-corrected chi connectivity index (χ4v) is 0.581. The molecule has 4 N–H and O–H groups in total. The minimum absolute atomic E-state index is 0. The number of benzene rings is 1. The fraction of sp³-hybridized carbons (Fsp3) is 0.143. The average Bonchev–Trinajstić information content (AvgIpc) is 1.83. The van der Waals surface area contributed by atoms with Gasteiger partial charge in [0.2, 0.25) is 0 Å². The highest BCUT2D eigenvalue weighted by atomic mass is 35.5. The third kappa shape index (κ3) is 3.58. The van der Waals surface area contributed by atoms with Crippen LogP contribution in [-0.4, -0.2) is 0 Å². The van der Waals surface area contributed by atoms with Crippen molar-refractivity contribution in [2.45, 2.75) is 6.85 Å². The Balaban J connectivity index is 0. The van der Waals surface area contributed by atoms with Crippen molar-refractivity contribution >= 4 is 11.4 Å². The minimum atomic E-state index is -2.15. The van der Waals surface area contributed by atoms with E-state index in [1.807, 2.05) is 0 Å². The highest BCUT2D eigenvalue weighted by Gasteiger charge is 2.00. The number of hydrogen-bond donors (Lipinski definition) is 2. The van der Waals surface area contributed by atoms with Crippen molar-refractivity contribution in [1.82, 2.24) is 0 Å². The van der Waals surface area contributed by atoms with E-state index in [2.05, 4.69) is 0 Å². The number of aryl methyl sites for hydroxylation is 1. The van der Waals surface area contributed by atoms with Crippen molar-refractivity contribution < 1.29 is 40.4 Å². The molecule has 1 rings (SSSR count). The summed E-state index contributed by atoms with van der Waals surface area (Å²) in [7, 11) is 0. The topological polar surface area (TPSA) is 50.6 Å². The van der Waals surface area contributed by atoms with E-state index in [1.165, 1.54) is 18.2 Å². The molecule has 0 aliphatic carbocycles. The summed E-state index contributed by atoms with van der Waals surface area (Å²) in [5.41, 5.74) is 11.7. The fourth-order valence-electron chi connectivity index (χ4n) is 0.581. The first-order valence-corrected chi connectivity index (χ1v) is 2.57. The highest BCUT2D eigenvalue weighted by Crippen LogP contribution is 2.10. The van der Waals surface area contributed by atoms with E-state index in [-0.39, 0.29) is 36.1 Å². The second kappa shape index (κ2) is 5.38. The SMILES string of the molecule is [2H]C([2H])([2H])c1ccc([NH2+])cc1[NH2+].[Cl-].[Cl-]. The molecule has 0 saturated heterocycles. The molecule has 0 fully saturated rings. The van der Waals surface area contributed by atoms with E-state index in [9.17, 15) is 0 Å². The van der Waals surface area contributed by atoms with Crippen LogP contribution in [0.1, 0.15) is 9.68 Å². The average molecular weight is 196 g/mol. The lowest BCUT2D eigenvalue weighted by molar-refractivity contribution is -0.266. The Bertz CT molecular complexity index is 301. The van der Waals surface area contributed by atoms with Gasteiger partial charge in [0.1, 0.15) is 0 Å². The third-order valence-electron chi connectivity index (χ3n) is 1.08. The lowest BCUT2D eigenvalue weighted by Gasteiger charge is -1.88. The maximum absolute atomic E-state index is 7.10. The van der Waals surface area contributed by atoms with Gasteiger partial charge in [-0.1, -0.05) is 0 Å². The zero-order valence-electron chi connectivity index (χ0n) is 8.64. The zero-order chi connectivity index (χ0) is 9.35. The van der Waals surface area contributed by atoms with Gasteiger partial charge in [0.05, 0.1) is 6.07 Å². The number of nitrogens with two attached hydrogens (primary N) is 2. The number of hydrogen-bond acceptors (Lipinski definition) is 2. The van der Waals surface area contributed by atoms with Crippen LogP contribution in [-0.2, 0) is 0 Å². The molecule has 4 heteroatoms. The van der Waals surface area contributed by atoms with Crippen molar-refractivity contribution in [3.63, 3.8) is 0 Å². The highest BCUT2D eigenvalue weighted by molar-refractivity contribution is 5.46. The molecule has 2 radical (unpaired) electrons. The molecule has 0 saturated carbocycles. The Morgan fingerprint density at radius 3 is 2.36 bits per heavy atom. The lowest BCUT2D eigenvalue weighted by atomic mass is 10.2. The molecule has 11 heavy (non-hydrogen) atoms. The maximum Gasteiger partial charge on any atom is 0.186 e. The minimum Gasteiger partial charge on any atom is -1.00 e. The number of rotatable bonds is 0. The molecule has 0 unspecified atom stereocenters. The van der Waals surface area contributed by atoms with E-state index in [4.69, 9.17) is 15.6 Å². The Morgan fingerprint density at radius 1 is 1.27 bits per heavy atom. The predicted molar refractivity (Wildman–Crippen MR) is 34.3 cm³/mol. The van der Waals surface area contributed by atoms with E-state index in [0.717, 1.165) is 0 Å². The van der Waals surface area contributed by atoms with Gasteiger partial charge in [-0.3, -0.25) is 0 Å². The molecule has 0 aliphatic heterocycles. The summed E-state index contributed by atoms with van der Waals surface area (Å²) in [6.45, 7) is -2.15. The first kappa shape index (κ1) is 7.37. The van der Waals surface area contributed by atoms with Gasteiger partial charge < -0.3 is 24.8 Å². The number of nitrogen functional groups attached to an aromatic ring is 2. The van der Waals surface area contributed by atoms with Gasteiger partial charge in [0.15, 0.2) is 11.4 Å². The standard InChI is InChI=1S/C7H10N2.2ClH/c1-5-2-3-6(8)4-7(5)9;;/h2-4H,8-9H2,1H3;2*1H/q+2;;/p-2/i1D3;;. The molecule has 0 spiro atoms. The van der Waals surface area contributed by atoms with Crippen LogP contribution in [0.2, 0.25) is 0 Å². The summed E-state index contributed by atoms with van der Waals surface area (Å²) in [5.74, 6) is 0. The summed E-state index contributed by atoms with van der Waals surface area (Å²) >= 11 is 0. The van der Waals surface area contributed by atoms with Crippen molar-refractivity contribution in [3.8, 4) is 0 Å². The van der Waals surface area contributed by atoms with Gasteiger partial charge in [-0.25, -0.2) is 0 Å². The molecule has 62 valence electrons. The van der Waals surface area contributed by atoms with Crippen molar-refractivity contribution in [1.29, 1.82) is 0 Å². The van der Waals surface area contributed by atoms with E-state index in [0.29, 0.717) is 5.69 Å². The molecule has 2 nitrogen and oxygen atoms in total. The molecule has 0 aliphatic rings. The Kier molecular flexibility index (Phi) is 3.61. The van der Waals surface area contributed by atoms with Gasteiger partial charge in [0.25, 0.3) is 0 Å². The first-order chi connectivity index (χ1) is 5.41. The molecule has 0 heterocycles. The van der Waals surface area contributed by atoms with Gasteiger partial charge in [-0.15, -0.1) is 0 Å². The van der Waals surface area contributed by atoms with Gasteiger partial charge in [-0.2, -0.15) is 11.5 Å². The van der Waals surface area contributed by atoms with Crippen LogP contribution in [0.15, 0.2) is 18.2 Å². The Morgan fingerprint density at radius 2 is 1.91 bits per heavy atom. The second-order valence-electron chi connectivity index (χ2n) is 1.85. The van der Waals surface area contributed by atoms with Crippen LogP contribution in [0.4, 0.5) is 11.4 Å². The predicted octanol–water partition coefficient (Wildman–Crippen LogP) is -6.68. The van der Waals surface area contributed by atoms with Crippen LogP contribution in [0.25, 0.3) is 0 Å². The van der Waals surface area contributed by atoms with Crippen molar-refractivity contribution in [2.24, 2.45) is 0 Å². The molecule has 0 amide bonds. The molecule has 0 aromatic heterocycles. The van der Waals surface area contributed by atoms with E-state index >= 15 is 0 Å². The summed E-state index contributed by atoms with van der Waals surface area (Å²) in [5, 5.41) is 0. The van der Waals surface area contributed by atoms with E-state index < -0.39 is 6.85 Å².